The molecule has 0 aromatic heterocycles. The normalized spacial score (nSPS) is 10.8. The van der Waals surface area contributed by atoms with Gasteiger partial charge >= 0.3 is 0 Å². The fraction of sp³-hybridized carbons (Fsp3) is 0.529. The first-order valence-corrected chi connectivity index (χ1v) is 7.16. The van der Waals surface area contributed by atoms with Crippen molar-refractivity contribution < 1.29 is 4.74 Å². The monoisotopic (exact) mass is 274 g/mol. The minimum Gasteiger partial charge on any atom is -0.492 e. The Labute approximate surface area is 123 Å². The van der Waals surface area contributed by atoms with Crippen LogP contribution < -0.4 is 10.1 Å². The maximum Gasteiger partial charge on any atom is 0.119 e. The lowest BCUT2D eigenvalue weighted by molar-refractivity contribution is 0.251. The van der Waals surface area contributed by atoms with Gasteiger partial charge in [0.2, 0.25) is 0 Å². The maximum atomic E-state index is 5.69. The van der Waals surface area contributed by atoms with Crippen LogP contribution in [0.2, 0.25) is 0 Å². The predicted molar refractivity (Wildman–Crippen MR) is 84.8 cm³/mol. The zero-order valence-corrected chi connectivity index (χ0v) is 12.9. The van der Waals surface area contributed by atoms with Crippen LogP contribution in [0.15, 0.2) is 24.3 Å². The molecule has 1 rings (SSSR count). The number of terminal acetylenes is 1. The average Bonchev–Trinajstić information content (AvgIpc) is 2.40. The molecule has 0 spiro atoms. The summed E-state index contributed by atoms with van der Waals surface area (Å²) in [5.74, 6) is 4.20. The second-order valence-electron chi connectivity index (χ2n) is 5.46. The van der Waals surface area contributed by atoms with Crippen molar-refractivity contribution in [1.29, 1.82) is 0 Å². The van der Waals surface area contributed by atoms with Gasteiger partial charge < -0.3 is 10.1 Å². The maximum absolute atomic E-state index is 5.69. The van der Waals surface area contributed by atoms with Crippen molar-refractivity contribution in [3.05, 3.63) is 29.8 Å². The second-order valence-corrected chi connectivity index (χ2v) is 5.46. The summed E-state index contributed by atoms with van der Waals surface area (Å²) >= 11 is 0. The van der Waals surface area contributed by atoms with Crippen LogP contribution in [0.3, 0.4) is 0 Å². The molecule has 0 radical (unpaired) electrons. The van der Waals surface area contributed by atoms with Crippen LogP contribution in [0.25, 0.3) is 0 Å². The summed E-state index contributed by atoms with van der Waals surface area (Å²) in [6.45, 7) is 8.51. The van der Waals surface area contributed by atoms with Gasteiger partial charge in [-0.3, -0.25) is 4.90 Å². The largest absolute Gasteiger partial charge is 0.492 e. The molecule has 110 valence electrons. The highest BCUT2D eigenvalue weighted by molar-refractivity contribution is 5.27. The van der Waals surface area contributed by atoms with Gasteiger partial charge in [-0.05, 0) is 37.2 Å². The average molecular weight is 274 g/mol. The molecule has 0 atom stereocenters. The van der Waals surface area contributed by atoms with E-state index in [9.17, 15) is 0 Å². The Morgan fingerprint density at radius 3 is 2.60 bits per heavy atom. The van der Waals surface area contributed by atoms with E-state index in [1.54, 1.807) is 0 Å². The Morgan fingerprint density at radius 2 is 2.00 bits per heavy atom. The number of benzene rings is 1. The van der Waals surface area contributed by atoms with Crippen molar-refractivity contribution in [2.75, 3.05) is 33.3 Å². The Kier molecular flexibility index (Phi) is 7.79. The molecule has 0 aliphatic heterocycles. The molecule has 0 aliphatic carbocycles. The number of nitrogens with zero attached hydrogens (tertiary/aromatic N) is 1. The lowest BCUT2D eigenvalue weighted by Crippen LogP contribution is -2.24. The molecule has 0 saturated heterocycles. The molecule has 20 heavy (non-hydrogen) atoms. The summed E-state index contributed by atoms with van der Waals surface area (Å²) in [4.78, 5) is 2.06. The molecule has 1 aromatic rings. The van der Waals surface area contributed by atoms with Gasteiger partial charge in [-0.1, -0.05) is 31.9 Å². The van der Waals surface area contributed by atoms with Crippen LogP contribution in [0.5, 0.6) is 5.75 Å². The van der Waals surface area contributed by atoms with Gasteiger partial charge in [0.05, 0.1) is 6.54 Å². The van der Waals surface area contributed by atoms with E-state index >= 15 is 0 Å². The molecule has 0 fully saturated rings. The smallest absolute Gasteiger partial charge is 0.119 e. The summed E-state index contributed by atoms with van der Waals surface area (Å²) in [5, 5.41) is 3.43. The molecule has 0 amide bonds. The first-order chi connectivity index (χ1) is 9.61. The predicted octanol–water partition coefficient (Wildman–Crippen LogP) is 2.38. The first-order valence-electron chi connectivity index (χ1n) is 7.16. The van der Waals surface area contributed by atoms with Gasteiger partial charge in [0.15, 0.2) is 0 Å². The molecule has 0 aliphatic rings. The highest BCUT2D eigenvalue weighted by Crippen LogP contribution is 2.12. The highest BCUT2D eigenvalue weighted by Gasteiger charge is 1.99. The molecule has 3 nitrogen and oxygen atoms in total. The zero-order valence-electron chi connectivity index (χ0n) is 12.9. The summed E-state index contributed by atoms with van der Waals surface area (Å²) in [5.41, 5.74) is 1.28. The van der Waals surface area contributed by atoms with E-state index in [2.05, 4.69) is 42.1 Å². The van der Waals surface area contributed by atoms with E-state index < -0.39 is 0 Å². The van der Waals surface area contributed by atoms with E-state index in [4.69, 9.17) is 11.2 Å². The lowest BCUT2D eigenvalue weighted by atomic mass is 10.2. The first kappa shape index (κ1) is 16.6. The van der Waals surface area contributed by atoms with Crippen LogP contribution in [0.1, 0.15) is 19.4 Å². The lowest BCUT2D eigenvalue weighted by Gasteiger charge is -2.14. The third kappa shape index (κ3) is 7.18. The SMILES string of the molecule is C#CCN(C)CCOc1ccc(CNCC(C)C)cc1. The second kappa shape index (κ2) is 9.41. The minimum atomic E-state index is 0.656. The van der Waals surface area contributed by atoms with E-state index in [0.29, 0.717) is 19.1 Å². The summed E-state index contributed by atoms with van der Waals surface area (Å²) in [6.07, 6.45) is 5.25. The third-order valence-electron chi connectivity index (χ3n) is 2.91. The Hall–Kier alpha value is -1.50. The number of likely N-dealkylation sites (N-methyl/N-ethyl adjacent to an activating group) is 1. The quantitative estimate of drug-likeness (QED) is 0.700. The fourth-order valence-corrected chi connectivity index (χ4v) is 1.76. The van der Waals surface area contributed by atoms with Gasteiger partial charge in [0.25, 0.3) is 0 Å². The Bertz CT molecular complexity index is 406. The summed E-state index contributed by atoms with van der Waals surface area (Å²) in [6, 6.07) is 8.25. The molecule has 3 heteroatoms. The summed E-state index contributed by atoms with van der Waals surface area (Å²) < 4.78 is 5.69. The zero-order chi connectivity index (χ0) is 14.8. The third-order valence-corrected chi connectivity index (χ3v) is 2.91. The van der Waals surface area contributed by atoms with Crippen molar-refractivity contribution in [2.24, 2.45) is 5.92 Å². The van der Waals surface area contributed by atoms with Crippen molar-refractivity contribution in [1.82, 2.24) is 10.2 Å². The number of ether oxygens (including phenoxy) is 1. The number of hydrogen-bond donors (Lipinski definition) is 1. The van der Waals surface area contributed by atoms with E-state index in [0.717, 1.165) is 25.4 Å². The van der Waals surface area contributed by atoms with Gasteiger partial charge in [-0.2, -0.15) is 0 Å². The highest BCUT2D eigenvalue weighted by atomic mass is 16.5. The summed E-state index contributed by atoms with van der Waals surface area (Å²) in [7, 11) is 1.99. The minimum absolute atomic E-state index is 0.656. The number of hydrogen-bond acceptors (Lipinski definition) is 3. The van der Waals surface area contributed by atoms with Crippen molar-refractivity contribution >= 4 is 0 Å². The topological polar surface area (TPSA) is 24.5 Å². The Balaban J connectivity index is 2.26. The molecule has 0 bridgehead atoms. The van der Waals surface area contributed by atoms with Gasteiger partial charge in [-0.25, -0.2) is 0 Å². The van der Waals surface area contributed by atoms with Gasteiger partial charge in [0.1, 0.15) is 12.4 Å². The Morgan fingerprint density at radius 1 is 1.30 bits per heavy atom. The molecular weight excluding hydrogens is 248 g/mol. The van der Waals surface area contributed by atoms with Gasteiger partial charge in [-0.15, -0.1) is 6.42 Å². The van der Waals surface area contributed by atoms with Crippen LogP contribution in [-0.2, 0) is 6.54 Å². The number of nitrogens with one attached hydrogen (secondary N) is 1. The molecule has 1 N–H and O–H groups in total. The van der Waals surface area contributed by atoms with Crippen LogP contribution >= 0.6 is 0 Å². The van der Waals surface area contributed by atoms with Crippen LogP contribution in [0.4, 0.5) is 0 Å². The molecule has 0 saturated carbocycles. The standard InChI is InChI=1S/C17H26N2O/c1-5-10-19(4)11-12-20-17-8-6-16(7-9-17)14-18-13-15(2)3/h1,6-9,15,18H,10-14H2,2-4H3. The molecule has 0 heterocycles. The molecular formula is C17H26N2O. The van der Waals surface area contributed by atoms with Crippen molar-refractivity contribution in [3.63, 3.8) is 0 Å². The van der Waals surface area contributed by atoms with E-state index in [-0.39, 0.29) is 0 Å². The van der Waals surface area contributed by atoms with Crippen molar-refractivity contribution in [2.45, 2.75) is 20.4 Å². The van der Waals surface area contributed by atoms with E-state index in [1.807, 2.05) is 19.2 Å². The van der Waals surface area contributed by atoms with Crippen molar-refractivity contribution in [3.8, 4) is 18.1 Å². The molecule has 0 unspecified atom stereocenters. The van der Waals surface area contributed by atoms with Crippen LogP contribution in [0, 0.1) is 18.3 Å². The fourth-order valence-electron chi connectivity index (χ4n) is 1.76. The van der Waals surface area contributed by atoms with Crippen LogP contribution in [-0.4, -0.2) is 38.2 Å². The van der Waals surface area contributed by atoms with E-state index in [1.165, 1.54) is 5.56 Å². The number of rotatable bonds is 9. The molecule has 1 aromatic carbocycles. The van der Waals surface area contributed by atoms with Gasteiger partial charge in [0, 0.05) is 13.1 Å².